The first kappa shape index (κ1) is 13.5. The fraction of sp³-hybridized carbons (Fsp3) is 0.600. The molecule has 2 N–H and O–H groups in total. The summed E-state index contributed by atoms with van der Waals surface area (Å²) in [5.41, 5.74) is 1.02. The van der Waals surface area contributed by atoms with Gasteiger partial charge >= 0.3 is 0 Å². The van der Waals surface area contributed by atoms with Gasteiger partial charge in [-0.05, 0) is 32.4 Å². The molecule has 20 heavy (non-hydrogen) atoms. The van der Waals surface area contributed by atoms with Gasteiger partial charge in [-0.15, -0.1) is 0 Å². The van der Waals surface area contributed by atoms with Gasteiger partial charge in [-0.25, -0.2) is 0 Å². The second kappa shape index (κ2) is 5.89. The lowest BCUT2D eigenvalue weighted by Crippen LogP contribution is -2.35. The standard InChI is InChI=1S/C15H21NO4/c1-16-8-10-6-14-15(19-9-18-14)7-13(10)20-12-5-3-2-4-11(12)17/h6-7,11-12,16-17H,2-5,8-9H2,1H3. The summed E-state index contributed by atoms with van der Waals surface area (Å²) in [6.07, 6.45) is 3.39. The lowest BCUT2D eigenvalue weighted by molar-refractivity contribution is 0.00629. The highest BCUT2D eigenvalue weighted by molar-refractivity contribution is 5.52. The van der Waals surface area contributed by atoms with E-state index in [1.807, 2.05) is 19.2 Å². The molecule has 5 heteroatoms. The van der Waals surface area contributed by atoms with Crippen LogP contribution in [0.3, 0.4) is 0 Å². The van der Waals surface area contributed by atoms with Crippen LogP contribution in [0.2, 0.25) is 0 Å². The molecule has 0 radical (unpaired) electrons. The van der Waals surface area contributed by atoms with E-state index in [1.54, 1.807) is 0 Å². The molecular weight excluding hydrogens is 258 g/mol. The number of rotatable bonds is 4. The van der Waals surface area contributed by atoms with E-state index in [2.05, 4.69) is 5.32 Å². The van der Waals surface area contributed by atoms with Gasteiger partial charge in [-0.1, -0.05) is 6.42 Å². The molecule has 0 amide bonds. The Kier molecular flexibility index (Phi) is 3.98. The van der Waals surface area contributed by atoms with Crippen molar-refractivity contribution in [1.82, 2.24) is 5.32 Å². The fourth-order valence-electron chi connectivity index (χ4n) is 2.78. The van der Waals surface area contributed by atoms with Gasteiger partial charge in [0, 0.05) is 18.2 Å². The second-order valence-electron chi connectivity index (χ2n) is 5.35. The van der Waals surface area contributed by atoms with Crippen LogP contribution >= 0.6 is 0 Å². The Morgan fingerprint density at radius 2 is 2.00 bits per heavy atom. The van der Waals surface area contributed by atoms with Gasteiger partial charge in [0.05, 0.1) is 6.10 Å². The third-order valence-corrected chi connectivity index (χ3v) is 3.87. The van der Waals surface area contributed by atoms with E-state index in [1.165, 1.54) is 0 Å². The Balaban J connectivity index is 1.83. The van der Waals surface area contributed by atoms with Gasteiger partial charge in [0.25, 0.3) is 0 Å². The predicted octanol–water partition coefficient (Wildman–Crippen LogP) is 1.82. The Hall–Kier alpha value is -1.46. The minimum absolute atomic E-state index is 0.125. The molecule has 1 heterocycles. The molecule has 2 atom stereocenters. The van der Waals surface area contributed by atoms with Crippen LogP contribution in [0, 0.1) is 0 Å². The number of ether oxygens (including phenoxy) is 3. The van der Waals surface area contributed by atoms with Crippen LogP contribution < -0.4 is 19.5 Å². The summed E-state index contributed by atoms with van der Waals surface area (Å²) in [5, 5.41) is 13.2. The SMILES string of the molecule is CNCc1cc2c(cc1OC1CCCCC1O)OCO2. The van der Waals surface area contributed by atoms with Crippen molar-refractivity contribution in [2.75, 3.05) is 13.8 Å². The molecule has 1 aliphatic heterocycles. The van der Waals surface area contributed by atoms with Crippen molar-refractivity contribution in [2.24, 2.45) is 0 Å². The molecule has 1 aromatic carbocycles. The van der Waals surface area contributed by atoms with Gasteiger partial charge in [-0.2, -0.15) is 0 Å². The molecule has 0 bridgehead atoms. The smallest absolute Gasteiger partial charge is 0.231 e. The van der Waals surface area contributed by atoms with Crippen LogP contribution in [0.4, 0.5) is 0 Å². The normalized spacial score (nSPS) is 24.7. The quantitative estimate of drug-likeness (QED) is 0.880. The zero-order valence-corrected chi connectivity index (χ0v) is 11.7. The summed E-state index contributed by atoms with van der Waals surface area (Å²) in [4.78, 5) is 0. The Labute approximate surface area is 118 Å². The van der Waals surface area contributed by atoms with Gasteiger partial charge in [-0.3, -0.25) is 0 Å². The van der Waals surface area contributed by atoms with E-state index < -0.39 is 0 Å². The Bertz CT molecular complexity index is 477. The molecule has 0 aromatic heterocycles. The van der Waals surface area contributed by atoms with Crippen LogP contribution in [0.5, 0.6) is 17.2 Å². The van der Waals surface area contributed by atoms with Crippen molar-refractivity contribution < 1.29 is 19.3 Å². The third-order valence-electron chi connectivity index (χ3n) is 3.87. The topological polar surface area (TPSA) is 60.0 Å². The average molecular weight is 279 g/mol. The summed E-state index contributed by atoms with van der Waals surface area (Å²) in [6, 6.07) is 3.82. The van der Waals surface area contributed by atoms with E-state index in [4.69, 9.17) is 14.2 Å². The van der Waals surface area contributed by atoms with Crippen LogP contribution in [0.25, 0.3) is 0 Å². The van der Waals surface area contributed by atoms with E-state index in [0.717, 1.165) is 42.7 Å². The van der Waals surface area contributed by atoms with Crippen molar-refractivity contribution in [3.8, 4) is 17.2 Å². The number of aliphatic hydroxyl groups is 1. The molecule has 1 fully saturated rings. The zero-order valence-electron chi connectivity index (χ0n) is 11.7. The number of hydrogen-bond donors (Lipinski definition) is 2. The summed E-state index contributed by atoms with van der Waals surface area (Å²) in [7, 11) is 1.89. The number of nitrogens with one attached hydrogen (secondary N) is 1. The maximum Gasteiger partial charge on any atom is 0.231 e. The van der Waals surface area contributed by atoms with Gasteiger partial charge in [0.1, 0.15) is 11.9 Å². The highest BCUT2D eigenvalue weighted by atomic mass is 16.7. The molecule has 1 aliphatic carbocycles. The molecule has 2 unspecified atom stereocenters. The largest absolute Gasteiger partial charge is 0.487 e. The summed E-state index contributed by atoms with van der Waals surface area (Å²) in [5.74, 6) is 2.24. The van der Waals surface area contributed by atoms with Crippen LogP contribution in [-0.4, -0.2) is 31.2 Å². The Morgan fingerprint density at radius 1 is 1.25 bits per heavy atom. The average Bonchev–Trinajstić information content (AvgIpc) is 2.89. The summed E-state index contributed by atoms with van der Waals surface area (Å²) >= 11 is 0. The minimum atomic E-state index is -0.378. The molecule has 1 saturated carbocycles. The monoisotopic (exact) mass is 279 g/mol. The molecule has 0 spiro atoms. The van der Waals surface area contributed by atoms with Gasteiger partial charge < -0.3 is 24.6 Å². The molecule has 5 nitrogen and oxygen atoms in total. The van der Waals surface area contributed by atoms with Crippen molar-refractivity contribution in [1.29, 1.82) is 0 Å². The second-order valence-corrected chi connectivity index (χ2v) is 5.35. The maximum atomic E-state index is 10.0. The molecule has 0 saturated heterocycles. The van der Waals surface area contributed by atoms with E-state index in [-0.39, 0.29) is 19.0 Å². The summed E-state index contributed by atoms with van der Waals surface area (Å²) < 4.78 is 16.9. The zero-order chi connectivity index (χ0) is 13.9. The number of benzene rings is 1. The number of fused-ring (bicyclic) bond motifs is 1. The minimum Gasteiger partial charge on any atom is -0.487 e. The van der Waals surface area contributed by atoms with Gasteiger partial charge in [0.2, 0.25) is 6.79 Å². The van der Waals surface area contributed by atoms with E-state index in [0.29, 0.717) is 12.3 Å². The Morgan fingerprint density at radius 3 is 2.75 bits per heavy atom. The summed E-state index contributed by atoms with van der Waals surface area (Å²) in [6.45, 7) is 0.943. The lowest BCUT2D eigenvalue weighted by Gasteiger charge is -2.29. The van der Waals surface area contributed by atoms with E-state index in [9.17, 15) is 5.11 Å². The molecular formula is C15H21NO4. The van der Waals surface area contributed by atoms with E-state index >= 15 is 0 Å². The van der Waals surface area contributed by atoms with Crippen molar-refractivity contribution in [2.45, 2.75) is 44.4 Å². The number of aliphatic hydroxyl groups excluding tert-OH is 1. The van der Waals surface area contributed by atoms with Crippen LogP contribution in [-0.2, 0) is 6.54 Å². The molecule has 2 aliphatic rings. The predicted molar refractivity (Wildman–Crippen MR) is 74.2 cm³/mol. The van der Waals surface area contributed by atoms with Crippen molar-refractivity contribution in [3.05, 3.63) is 17.7 Å². The molecule has 3 rings (SSSR count). The van der Waals surface area contributed by atoms with Crippen molar-refractivity contribution >= 4 is 0 Å². The number of hydrogen-bond acceptors (Lipinski definition) is 5. The third kappa shape index (κ3) is 2.69. The first-order chi connectivity index (χ1) is 9.78. The first-order valence-corrected chi connectivity index (χ1v) is 7.20. The van der Waals surface area contributed by atoms with Crippen molar-refractivity contribution in [3.63, 3.8) is 0 Å². The molecule has 1 aromatic rings. The van der Waals surface area contributed by atoms with Crippen LogP contribution in [0.1, 0.15) is 31.2 Å². The highest BCUT2D eigenvalue weighted by Crippen LogP contribution is 2.39. The van der Waals surface area contributed by atoms with Gasteiger partial charge in [0.15, 0.2) is 11.5 Å². The highest BCUT2D eigenvalue weighted by Gasteiger charge is 2.26. The lowest BCUT2D eigenvalue weighted by atomic mass is 9.95. The molecule has 110 valence electrons. The first-order valence-electron chi connectivity index (χ1n) is 7.20. The maximum absolute atomic E-state index is 10.0. The fourth-order valence-corrected chi connectivity index (χ4v) is 2.78. The van der Waals surface area contributed by atoms with Crippen LogP contribution in [0.15, 0.2) is 12.1 Å².